The van der Waals surface area contributed by atoms with Crippen LogP contribution in [-0.2, 0) is 9.53 Å². The van der Waals surface area contributed by atoms with Crippen molar-refractivity contribution in [1.29, 1.82) is 0 Å². The summed E-state index contributed by atoms with van der Waals surface area (Å²) in [6, 6.07) is 7.78. The summed E-state index contributed by atoms with van der Waals surface area (Å²) in [6.07, 6.45) is 0.751. The van der Waals surface area contributed by atoms with E-state index in [9.17, 15) is 4.79 Å². The van der Waals surface area contributed by atoms with E-state index in [1.165, 1.54) is 11.8 Å². The minimum Gasteiger partial charge on any atom is -0.378 e. The summed E-state index contributed by atoms with van der Waals surface area (Å²) in [5, 5.41) is 15.7. The molecule has 0 bridgehead atoms. The monoisotopic (exact) mass is 389 g/mol. The third-order valence-corrected chi connectivity index (χ3v) is 6.36. The van der Waals surface area contributed by atoms with E-state index in [2.05, 4.69) is 15.3 Å². The first-order valence-electron chi connectivity index (χ1n) is 8.56. The third kappa shape index (κ3) is 3.46. The van der Waals surface area contributed by atoms with E-state index in [0.29, 0.717) is 32.0 Å². The van der Waals surface area contributed by atoms with Crippen LogP contribution in [0.2, 0.25) is 0 Å². The molecule has 0 aliphatic carbocycles. The van der Waals surface area contributed by atoms with Crippen LogP contribution in [0.3, 0.4) is 0 Å². The fourth-order valence-electron chi connectivity index (χ4n) is 2.84. The molecule has 0 radical (unpaired) electrons. The Bertz CT molecular complexity index is 890. The van der Waals surface area contributed by atoms with Gasteiger partial charge in [-0.3, -0.25) is 4.79 Å². The van der Waals surface area contributed by atoms with Crippen molar-refractivity contribution in [3.05, 3.63) is 29.6 Å². The summed E-state index contributed by atoms with van der Waals surface area (Å²) >= 11 is 3.10. The molecule has 3 aromatic heterocycles. The summed E-state index contributed by atoms with van der Waals surface area (Å²) < 4.78 is 7.09. The highest BCUT2D eigenvalue weighted by Crippen LogP contribution is 2.28. The summed E-state index contributed by atoms with van der Waals surface area (Å²) in [7, 11) is 0. The SMILES string of the molecule is CCC(Sc1ccc2nnc(-c3cccs3)n2n1)C(=O)N1CCOCC1. The lowest BCUT2D eigenvalue weighted by Gasteiger charge is -2.29. The minimum atomic E-state index is -0.153. The number of carbonyl (C=O) groups is 1. The molecule has 1 unspecified atom stereocenters. The lowest BCUT2D eigenvalue weighted by molar-refractivity contribution is -0.134. The van der Waals surface area contributed by atoms with Crippen LogP contribution < -0.4 is 0 Å². The molecule has 1 aliphatic rings. The van der Waals surface area contributed by atoms with E-state index in [4.69, 9.17) is 4.74 Å². The Morgan fingerprint density at radius 1 is 1.31 bits per heavy atom. The Kier molecular flexibility index (Phi) is 5.18. The number of hydrogen-bond acceptors (Lipinski definition) is 7. The van der Waals surface area contributed by atoms with Gasteiger partial charge in [0.05, 0.1) is 23.3 Å². The van der Waals surface area contributed by atoms with E-state index >= 15 is 0 Å². The normalized spacial score (nSPS) is 16.1. The average molecular weight is 390 g/mol. The van der Waals surface area contributed by atoms with Crippen LogP contribution in [0.25, 0.3) is 16.3 Å². The van der Waals surface area contributed by atoms with Crippen LogP contribution in [0.5, 0.6) is 0 Å². The van der Waals surface area contributed by atoms with E-state index in [-0.39, 0.29) is 11.2 Å². The number of ether oxygens (including phenoxy) is 1. The van der Waals surface area contributed by atoms with Gasteiger partial charge in [-0.2, -0.15) is 9.61 Å². The topological polar surface area (TPSA) is 72.6 Å². The number of thioether (sulfide) groups is 1. The lowest BCUT2D eigenvalue weighted by Crippen LogP contribution is -2.44. The number of morpholine rings is 1. The average Bonchev–Trinajstić information content (AvgIpc) is 3.35. The first-order valence-corrected chi connectivity index (χ1v) is 10.3. The fourth-order valence-corrected chi connectivity index (χ4v) is 4.51. The predicted molar refractivity (Wildman–Crippen MR) is 101 cm³/mol. The number of carbonyl (C=O) groups excluding carboxylic acids is 1. The number of hydrogen-bond donors (Lipinski definition) is 0. The molecule has 1 atom stereocenters. The molecule has 3 aromatic rings. The highest BCUT2D eigenvalue weighted by atomic mass is 32.2. The van der Waals surface area contributed by atoms with Crippen LogP contribution >= 0.6 is 23.1 Å². The second kappa shape index (κ2) is 7.73. The quantitative estimate of drug-likeness (QED) is 0.625. The van der Waals surface area contributed by atoms with E-state index in [0.717, 1.165) is 22.1 Å². The zero-order valence-electron chi connectivity index (χ0n) is 14.4. The van der Waals surface area contributed by atoms with Crippen molar-refractivity contribution in [2.45, 2.75) is 23.6 Å². The van der Waals surface area contributed by atoms with Crippen LogP contribution in [0.1, 0.15) is 13.3 Å². The number of fused-ring (bicyclic) bond motifs is 1. The molecule has 136 valence electrons. The number of rotatable bonds is 5. The first kappa shape index (κ1) is 17.4. The van der Waals surface area contributed by atoms with Crippen LogP contribution in [0.4, 0.5) is 0 Å². The maximum atomic E-state index is 12.8. The van der Waals surface area contributed by atoms with Gasteiger partial charge in [-0.25, -0.2) is 0 Å². The standard InChI is InChI=1S/C17H19N5O2S2/c1-2-12(17(23)21-7-9-24-10-8-21)26-15-6-5-14-18-19-16(22(14)20-15)13-4-3-11-25-13/h3-6,11-12H,2,7-10H2,1H3. The van der Waals surface area contributed by atoms with Gasteiger partial charge in [-0.05, 0) is 30.0 Å². The summed E-state index contributed by atoms with van der Waals surface area (Å²) in [5.41, 5.74) is 0.699. The van der Waals surface area contributed by atoms with Crippen molar-refractivity contribution in [1.82, 2.24) is 24.7 Å². The van der Waals surface area contributed by atoms with Crippen LogP contribution in [0, 0.1) is 0 Å². The van der Waals surface area contributed by atoms with Gasteiger partial charge in [-0.1, -0.05) is 24.8 Å². The lowest BCUT2D eigenvalue weighted by atomic mass is 10.2. The zero-order valence-corrected chi connectivity index (χ0v) is 16.0. The highest BCUT2D eigenvalue weighted by Gasteiger charge is 2.26. The smallest absolute Gasteiger partial charge is 0.236 e. The van der Waals surface area contributed by atoms with Gasteiger partial charge < -0.3 is 9.64 Å². The Morgan fingerprint density at radius 3 is 2.88 bits per heavy atom. The molecule has 0 N–H and O–H groups in total. The second-order valence-corrected chi connectivity index (χ2v) is 8.07. The summed E-state index contributed by atoms with van der Waals surface area (Å²) in [5.74, 6) is 0.884. The van der Waals surface area contributed by atoms with Gasteiger partial charge in [0.1, 0.15) is 5.03 Å². The molecule has 9 heteroatoms. The maximum Gasteiger partial charge on any atom is 0.236 e. The van der Waals surface area contributed by atoms with Crippen molar-refractivity contribution >= 4 is 34.7 Å². The van der Waals surface area contributed by atoms with Gasteiger partial charge in [0.15, 0.2) is 11.5 Å². The van der Waals surface area contributed by atoms with Gasteiger partial charge in [-0.15, -0.1) is 21.5 Å². The molecule has 0 aromatic carbocycles. The molecule has 1 saturated heterocycles. The number of aromatic nitrogens is 4. The zero-order chi connectivity index (χ0) is 17.9. The minimum absolute atomic E-state index is 0.153. The Hall–Kier alpha value is -1.97. The van der Waals surface area contributed by atoms with Crippen molar-refractivity contribution in [3.8, 4) is 10.7 Å². The molecule has 0 spiro atoms. The molecule has 7 nitrogen and oxygen atoms in total. The number of amides is 1. The summed E-state index contributed by atoms with van der Waals surface area (Å²) in [4.78, 5) is 15.7. The molecular formula is C17H19N5O2S2. The van der Waals surface area contributed by atoms with Gasteiger partial charge >= 0.3 is 0 Å². The van der Waals surface area contributed by atoms with Crippen LogP contribution in [0.15, 0.2) is 34.7 Å². The Labute approximate surface area is 159 Å². The first-order chi connectivity index (χ1) is 12.8. The number of nitrogens with zero attached hydrogens (tertiary/aromatic N) is 5. The van der Waals surface area contributed by atoms with Crippen molar-refractivity contribution in [3.63, 3.8) is 0 Å². The molecule has 26 heavy (non-hydrogen) atoms. The van der Waals surface area contributed by atoms with E-state index in [1.807, 2.05) is 41.5 Å². The molecule has 1 amide bonds. The molecule has 0 saturated carbocycles. The van der Waals surface area contributed by atoms with Crippen molar-refractivity contribution in [2.24, 2.45) is 0 Å². The van der Waals surface area contributed by atoms with Crippen molar-refractivity contribution in [2.75, 3.05) is 26.3 Å². The maximum absolute atomic E-state index is 12.8. The Balaban J connectivity index is 1.57. The van der Waals surface area contributed by atoms with Crippen LogP contribution in [-0.4, -0.2) is 62.2 Å². The van der Waals surface area contributed by atoms with Gasteiger partial charge in [0.25, 0.3) is 0 Å². The third-order valence-electron chi connectivity index (χ3n) is 4.21. The molecule has 1 fully saturated rings. The molecule has 1 aliphatic heterocycles. The molecular weight excluding hydrogens is 370 g/mol. The van der Waals surface area contributed by atoms with Gasteiger partial charge in [0, 0.05) is 13.1 Å². The van der Waals surface area contributed by atoms with E-state index in [1.54, 1.807) is 15.9 Å². The summed E-state index contributed by atoms with van der Waals surface area (Å²) in [6.45, 7) is 4.58. The highest BCUT2D eigenvalue weighted by molar-refractivity contribution is 8.00. The fraction of sp³-hybridized carbons (Fsp3) is 0.412. The largest absolute Gasteiger partial charge is 0.378 e. The number of thiophene rings is 1. The predicted octanol–water partition coefficient (Wildman–Crippen LogP) is 2.58. The van der Waals surface area contributed by atoms with Crippen molar-refractivity contribution < 1.29 is 9.53 Å². The van der Waals surface area contributed by atoms with Gasteiger partial charge in [0.2, 0.25) is 5.91 Å². The molecule has 4 heterocycles. The second-order valence-electron chi connectivity index (χ2n) is 5.89. The van der Waals surface area contributed by atoms with E-state index < -0.39 is 0 Å². The Morgan fingerprint density at radius 2 is 2.15 bits per heavy atom. The molecule has 4 rings (SSSR count).